The highest BCUT2D eigenvalue weighted by Crippen LogP contribution is 2.30. The number of benzene rings is 2. The minimum absolute atomic E-state index is 0.0401. The number of hydrogen-bond acceptors (Lipinski definition) is 5. The van der Waals surface area contributed by atoms with E-state index in [2.05, 4.69) is 9.72 Å². The molecule has 32 heavy (non-hydrogen) atoms. The molecule has 2 aromatic heterocycles. The van der Waals surface area contributed by atoms with E-state index < -0.39 is 41.0 Å². The van der Waals surface area contributed by atoms with Crippen LogP contribution < -0.4 is 4.74 Å². The molecule has 5 nitrogen and oxygen atoms in total. The molecule has 0 radical (unpaired) electrons. The van der Waals surface area contributed by atoms with E-state index in [1.54, 1.807) is 18.2 Å². The summed E-state index contributed by atoms with van der Waals surface area (Å²) in [5.74, 6) is -4.67. The third-order valence-electron chi connectivity index (χ3n) is 4.82. The van der Waals surface area contributed by atoms with Crippen molar-refractivity contribution >= 4 is 28.5 Å². The molecule has 0 aliphatic heterocycles. The van der Waals surface area contributed by atoms with Gasteiger partial charge in [-0.2, -0.15) is 0 Å². The van der Waals surface area contributed by atoms with Gasteiger partial charge in [0.15, 0.2) is 11.6 Å². The molecule has 0 N–H and O–H groups in total. The predicted octanol–water partition coefficient (Wildman–Crippen LogP) is 5.86. The average molecular weight is 462 g/mol. The second kappa shape index (κ2) is 8.92. The molecule has 0 saturated heterocycles. The molecule has 4 rings (SSSR count). The Morgan fingerprint density at radius 2 is 1.94 bits per heavy atom. The summed E-state index contributed by atoms with van der Waals surface area (Å²) in [6, 6.07) is 10.4. The minimum Gasteiger partial charge on any atom is -0.473 e. The number of halogens is 4. The zero-order valence-corrected chi connectivity index (χ0v) is 17.4. The van der Waals surface area contributed by atoms with Crippen LogP contribution in [0.3, 0.4) is 0 Å². The van der Waals surface area contributed by atoms with Gasteiger partial charge in [0.25, 0.3) is 0 Å². The molecule has 0 atom stereocenters. The van der Waals surface area contributed by atoms with Crippen molar-refractivity contribution in [2.24, 2.45) is 0 Å². The number of esters is 1. The molecule has 4 aromatic rings. The topological polar surface area (TPSA) is 61.6 Å². The second-order valence-corrected chi connectivity index (χ2v) is 7.19. The highest BCUT2D eigenvalue weighted by atomic mass is 35.5. The van der Waals surface area contributed by atoms with Crippen molar-refractivity contribution in [3.05, 3.63) is 82.3 Å². The standard InChI is InChI=1S/C23H15ClF3NO4/c1-30-20(29)10-14-17(25)9-15(22(27)21(14)26)18-3-2-4-19(28-18)32-11-12-5-6-16(24)13-7-8-31-23(12)13/h2-9H,10-11H2,1H3. The smallest absolute Gasteiger partial charge is 0.310 e. The van der Waals surface area contributed by atoms with Gasteiger partial charge in [-0.1, -0.05) is 23.7 Å². The van der Waals surface area contributed by atoms with Gasteiger partial charge in [-0.3, -0.25) is 4.79 Å². The van der Waals surface area contributed by atoms with Gasteiger partial charge in [0.1, 0.15) is 18.0 Å². The second-order valence-electron chi connectivity index (χ2n) is 6.79. The molecule has 9 heteroatoms. The molecule has 0 amide bonds. The Morgan fingerprint density at radius 3 is 2.72 bits per heavy atom. The lowest BCUT2D eigenvalue weighted by Gasteiger charge is -2.11. The van der Waals surface area contributed by atoms with Gasteiger partial charge in [0, 0.05) is 28.1 Å². The first-order chi connectivity index (χ1) is 15.4. The van der Waals surface area contributed by atoms with Gasteiger partial charge >= 0.3 is 5.97 Å². The van der Waals surface area contributed by atoms with Crippen molar-refractivity contribution in [2.45, 2.75) is 13.0 Å². The van der Waals surface area contributed by atoms with Crippen molar-refractivity contribution in [1.29, 1.82) is 0 Å². The number of ether oxygens (including phenoxy) is 2. The van der Waals surface area contributed by atoms with Gasteiger partial charge in [0.05, 0.1) is 30.5 Å². The normalized spacial score (nSPS) is 11.0. The van der Waals surface area contributed by atoms with E-state index in [4.69, 9.17) is 20.8 Å². The fourth-order valence-corrected chi connectivity index (χ4v) is 3.41. The highest BCUT2D eigenvalue weighted by Gasteiger charge is 2.22. The Labute approximate surface area is 185 Å². The van der Waals surface area contributed by atoms with Crippen molar-refractivity contribution < 1.29 is 31.9 Å². The van der Waals surface area contributed by atoms with Crippen LogP contribution in [0.25, 0.3) is 22.2 Å². The first kappa shape index (κ1) is 21.7. The summed E-state index contributed by atoms with van der Waals surface area (Å²) in [5, 5.41) is 1.27. The number of hydrogen-bond donors (Lipinski definition) is 0. The van der Waals surface area contributed by atoms with Crippen molar-refractivity contribution in [3.8, 4) is 17.1 Å². The number of aromatic nitrogens is 1. The number of carbonyl (C=O) groups is 1. The van der Waals surface area contributed by atoms with Gasteiger partial charge in [-0.05, 0) is 24.3 Å². The zero-order chi connectivity index (χ0) is 22.8. The number of methoxy groups -OCH3 is 1. The quantitative estimate of drug-likeness (QED) is 0.266. The number of carbonyl (C=O) groups excluding carboxylic acids is 1. The summed E-state index contributed by atoms with van der Waals surface area (Å²) in [6.07, 6.45) is 0.777. The maximum absolute atomic E-state index is 14.6. The van der Waals surface area contributed by atoms with E-state index in [0.29, 0.717) is 16.2 Å². The van der Waals surface area contributed by atoms with E-state index in [-0.39, 0.29) is 18.2 Å². The highest BCUT2D eigenvalue weighted by molar-refractivity contribution is 6.35. The van der Waals surface area contributed by atoms with Gasteiger partial charge in [-0.25, -0.2) is 18.2 Å². The average Bonchev–Trinajstić information content (AvgIpc) is 3.30. The van der Waals surface area contributed by atoms with Crippen LogP contribution in [0.4, 0.5) is 13.2 Å². The van der Waals surface area contributed by atoms with Crippen LogP contribution in [0.15, 0.2) is 53.1 Å². The molecule has 0 bridgehead atoms. The van der Waals surface area contributed by atoms with Crippen LogP contribution in [0, 0.1) is 17.5 Å². The molecule has 0 fully saturated rings. The molecular weight excluding hydrogens is 447 g/mol. The fourth-order valence-electron chi connectivity index (χ4n) is 3.19. The molecule has 0 aliphatic rings. The Morgan fingerprint density at radius 1 is 1.12 bits per heavy atom. The summed E-state index contributed by atoms with van der Waals surface area (Å²) in [6.45, 7) is 0.0703. The molecule has 0 spiro atoms. The summed E-state index contributed by atoms with van der Waals surface area (Å²) in [7, 11) is 1.07. The lowest BCUT2D eigenvalue weighted by molar-refractivity contribution is -0.139. The number of nitrogens with zero attached hydrogens (tertiary/aromatic N) is 1. The molecule has 0 aliphatic carbocycles. The molecule has 0 saturated carbocycles. The van der Waals surface area contributed by atoms with Gasteiger partial charge < -0.3 is 13.9 Å². The monoisotopic (exact) mass is 461 g/mol. The summed E-state index contributed by atoms with van der Waals surface area (Å²) in [5.41, 5.74) is 0.110. The predicted molar refractivity (Wildman–Crippen MR) is 111 cm³/mol. The summed E-state index contributed by atoms with van der Waals surface area (Å²) < 4.78 is 59.0. The largest absolute Gasteiger partial charge is 0.473 e. The third kappa shape index (κ3) is 4.13. The third-order valence-corrected chi connectivity index (χ3v) is 5.15. The molecule has 2 heterocycles. The molecule has 164 valence electrons. The Hall–Kier alpha value is -3.52. The van der Waals surface area contributed by atoms with Gasteiger partial charge in [0.2, 0.25) is 5.88 Å². The zero-order valence-electron chi connectivity index (χ0n) is 16.6. The van der Waals surface area contributed by atoms with E-state index in [1.165, 1.54) is 24.5 Å². The maximum atomic E-state index is 14.6. The maximum Gasteiger partial charge on any atom is 0.310 e. The number of pyridine rings is 1. The van der Waals surface area contributed by atoms with E-state index in [9.17, 15) is 18.0 Å². The SMILES string of the molecule is COC(=O)Cc1c(F)cc(-c2cccc(OCc3ccc(Cl)c4ccoc34)n2)c(F)c1F. The van der Waals surface area contributed by atoms with Crippen molar-refractivity contribution in [3.63, 3.8) is 0 Å². The molecular formula is C23H15ClF3NO4. The summed E-state index contributed by atoms with van der Waals surface area (Å²) in [4.78, 5) is 15.5. The Kier molecular flexibility index (Phi) is 6.05. The summed E-state index contributed by atoms with van der Waals surface area (Å²) >= 11 is 6.13. The van der Waals surface area contributed by atoms with Crippen LogP contribution in [-0.4, -0.2) is 18.1 Å². The lowest BCUT2D eigenvalue weighted by Crippen LogP contribution is -2.10. The van der Waals surface area contributed by atoms with Crippen LogP contribution in [0.1, 0.15) is 11.1 Å². The van der Waals surface area contributed by atoms with Crippen LogP contribution in [0.2, 0.25) is 5.02 Å². The van der Waals surface area contributed by atoms with Crippen molar-refractivity contribution in [2.75, 3.05) is 7.11 Å². The first-order valence-electron chi connectivity index (χ1n) is 9.37. The van der Waals surface area contributed by atoms with Crippen LogP contribution in [-0.2, 0) is 22.6 Å². The molecule has 2 aromatic carbocycles. The Bertz CT molecular complexity index is 1320. The molecule has 0 unspecified atom stereocenters. The van der Waals surface area contributed by atoms with E-state index >= 15 is 0 Å². The van der Waals surface area contributed by atoms with E-state index in [1.807, 2.05) is 0 Å². The first-order valence-corrected chi connectivity index (χ1v) is 9.74. The number of rotatable bonds is 6. The number of fused-ring (bicyclic) bond motifs is 1. The van der Waals surface area contributed by atoms with E-state index in [0.717, 1.165) is 18.6 Å². The number of furan rings is 1. The van der Waals surface area contributed by atoms with Crippen LogP contribution >= 0.6 is 11.6 Å². The van der Waals surface area contributed by atoms with Gasteiger partial charge in [-0.15, -0.1) is 0 Å². The Balaban J connectivity index is 1.61. The lowest BCUT2D eigenvalue weighted by atomic mass is 10.0. The van der Waals surface area contributed by atoms with Crippen molar-refractivity contribution in [1.82, 2.24) is 4.98 Å². The minimum atomic E-state index is -1.47. The fraction of sp³-hybridized carbons (Fsp3) is 0.130. The van der Waals surface area contributed by atoms with Crippen LogP contribution in [0.5, 0.6) is 5.88 Å².